The molecular formula is C17H21N3O5. The van der Waals surface area contributed by atoms with Crippen molar-refractivity contribution < 1.29 is 24.2 Å². The molecule has 0 aliphatic heterocycles. The summed E-state index contributed by atoms with van der Waals surface area (Å²) in [6.07, 6.45) is 2.18. The molecule has 0 spiro atoms. The van der Waals surface area contributed by atoms with Crippen LogP contribution in [0.5, 0.6) is 11.5 Å². The lowest BCUT2D eigenvalue weighted by molar-refractivity contribution is -0.137. The van der Waals surface area contributed by atoms with Crippen molar-refractivity contribution in [3.63, 3.8) is 0 Å². The van der Waals surface area contributed by atoms with Crippen molar-refractivity contribution in [2.75, 3.05) is 20.8 Å². The maximum absolute atomic E-state index is 12.1. The third kappa shape index (κ3) is 5.23. The molecule has 0 unspecified atom stereocenters. The van der Waals surface area contributed by atoms with E-state index in [4.69, 9.17) is 14.6 Å². The number of carboxylic acids is 1. The Balaban J connectivity index is 1.85. The molecular weight excluding hydrogens is 326 g/mol. The maximum atomic E-state index is 12.1. The Kier molecular flexibility index (Phi) is 6.39. The molecule has 0 atom stereocenters. The summed E-state index contributed by atoms with van der Waals surface area (Å²) in [6.45, 7) is 0.671. The van der Waals surface area contributed by atoms with Gasteiger partial charge in [-0.3, -0.25) is 14.3 Å². The van der Waals surface area contributed by atoms with Crippen LogP contribution in [-0.4, -0.2) is 47.5 Å². The Morgan fingerprint density at radius 3 is 2.64 bits per heavy atom. The van der Waals surface area contributed by atoms with Crippen LogP contribution in [0, 0.1) is 0 Å². The number of rotatable bonds is 9. The van der Waals surface area contributed by atoms with Gasteiger partial charge in [0.05, 0.1) is 27.2 Å². The van der Waals surface area contributed by atoms with E-state index in [1.54, 1.807) is 26.5 Å². The maximum Gasteiger partial charge on any atom is 0.305 e. The fraction of sp³-hybridized carbons (Fsp3) is 0.353. The van der Waals surface area contributed by atoms with Gasteiger partial charge in [-0.1, -0.05) is 6.07 Å². The Bertz CT molecular complexity index is 742. The van der Waals surface area contributed by atoms with Crippen molar-refractivity contribution in [3.05, 3.63) is 41.7 Å². The van der Waals surface area contributed by atoms with Crippen LogP contribution in [0.3, 0.4) is 0 Å². The SMILES string of the molecule is COc1ccc(CCNC(=O)c2ccn(CCC(=O)O)n2)cc1OC. The Morgan fingerprint density at radius 2 is 1.96 bits per heavy atom. The summed E-state index contributed by atoms with van der Waals surface area (Å²) in [5.41, 5.74) is 1.27. The van der Waals surface area contributed by atoms with Crippen molar-refractivity contribution in [1.82, 2.24) is 15.1 Å². The number of ether oxygens (including phenoxy) is 2. The van der Waals surface area contributed by atoms with Gasteiger partial charge in [0.25, 0.3) is 5.91 Å². The van der Waals surface area contributed by atoms with Gasteiger partial charge in [0.1, 0.15) is 5.69 Å². The van der Waals surface area contributed by atoms with Crippen LogP contribution in [-0.2, 0) is 17.8 Å². The lowest BCUT2D eigenvalue weighted by Gasteiger charge is -2.09. The summed E-state index contributed by atoms with van der Waals surface area (Å²) in [6, 6.07) is 7.16. The van der Waals surface area contributed by atoms with Crippen molar-refractivity contribution in [1.29, 1.82) is 0 Å². The molecule has 1 aromatic carbocycles. The largest absolute Gasteiger partial charge is 0.493 e. The van der Waals surface area contributed by atoms with Crippen LogP contribution < -0.4 is 14.8 Å². The fourth-order valence-corrected chi connectivity index (χ4v) is 2.26. The highest BCUT2D eigenvalue weighted by Crippen LogP contribution is 2.27. The van der Waals surface area contributed by atoms with Crippen molar-refractivity contribution in [3.8, 4) is 11.5 Å². The molecule has 2 N–H and O–H groups in total. The molecule has 1 amide bonds. The number of amides is 1. The fourth-order valence-electron chi connectivity index (χ4n) is 2.26. The number of nitrogens with zero attached hydrogens (tertiary/aromatic N) is 2. The molecule has 0 fully saturated rings. The summed E-state index contributed by atoms with van der Waals surface area (Å²) in [4.78, 5) is 22.6. The van der Waals surface area contributed by atoms with Crippen LogP contribution in [0.2, 0.25) is 0 Å². The molecule has 0 saturated heterocycles. The van der Waals surface area contributed by atoms with E-state index in [1.165, 1.54) is 4.68 Å². The van der Waals surface area contributed by atoms with E-state index >= 15 is 0 Å². The van der Waals surface area contributed by atoms with Gasteiger partial charge in [-0.25, -0.2) is 0 Å². The second-order valence-electron chi connectivity index (χ2n) is 5.30. The standard InChI is InChI=1S/C17H21N3O5/c1-24-14-4-3-12(11-15(14)25-2)5-8-18-17(23)13-6-9-20(19-13)10-7-16(21)22/h3-4,6,9,11H,5,7-8,10H2,1-2H3,(H,18,23)(H,21,22). The van der Waals surface area contributed by atoms with Gasteiger partial charge < -0.3 is 19.9 Å². The molecule has 8 heteroatoms. The molecule has 0 bridgehead atoms. The van der Waals surface area contributed by atoms with E-state index in [9.17, 15) is 9.59 Å². The molecule has 1 heterocycles. The average molecular weight is 347 g/mol. The quantitative estimate of drug-likeness (QED) is 0.710. The zero-order chi connectivity index (χ0) is 18.2. The molecule has 134 valence electrons. The number of hydrogen-bond acceptors (Lipinski definition) is 5. The van der Waals surface area contributed by atoms with Gasteiger partial charge >= 0.3 is 5.97 Å². The first-order valence-electron chi connectivity index (χ1n) is 7.78. The number of methoxy groups -OCH3 is 2. The predicted octanol–water partition coefficient (Wildman–Crippen LogP) is 1.35. The summed E-state index contributed by atoms with van der Waals surface area (Å²) in [7, 11) is 3.15. The van der Waals surface area contributed by atoms with Gasteiger partial charge in [0.15, 0.2) is 11.5 Å². The highest BCUT2D eigenvalue weighted by molar-refractivity contribution is 5.92. The minimum atomic E-state index is -0.906. The molecule has 0 aliphatic carbocycles. The summed E-state index contributed by atoms with van der Waals surface area (Å²) < 4.78 is 11.9. The topological polar surface area (TPSA) is 103 Å². The second kappa shape index (κ2) is 8.72. The summed E-state index contributed by atoms with van der Waals surface area (Å²) in [5.74, 6) is 0.0941. The smallest absolute Gasteiger partial charge is 0.305 e. The van der Waals surface area contributed by atoms with Crippen LogP contribution in [0.15, 0.2) is 30.5 Å². The van der Waals surface area contributed by atoms with Crippen LogP contribution in [0.25, 0.3) is 0 Å². The van der Waals surface area contributed by atoms with Crippen LogP contribution in [0.4, 0.5) is 0 Å². The first-order valence-corrected chi connectivity index (χ1v) is 7.78. The second-order valence-corrected chi connectivity index (χ2v) is 5.30. The first kappa shape index (κ1) is 18.3. The highest BCUT2D eigenvalue weighted by atomic mass is 16.5. The Hall–Kier alpha value is -3.03. The van der Waals surface area contributed by atoms with Gasteiger partial charge in [-0.05, 0) is 30.2 Å². The number of hydrogen-bond donors (Lipinski definition) is 2. The summed E-state index contributed by atoms with van der Waals surface area (Å²) >= 11 is 0. The third-order valence-electron chi connectivity index (χ3n) is 3.58. The van der Waals surface area contributed by atoms with Gasteiger partial charge in [0, 0.05) is 12.7 Å². The van der Waals surface area contributed by atoms with E-state index < -0.39 is 5.97 Å². The van der Waals surface area contributed by atoms with E-state index in [0.717, 1.165) is 5.56 Å². The molecule has 2 aromatic rings. The predicted molar refractivity (Wildman–Crippen MR) is 90.1 cm³/mol. The highest BCUT2D eigenvalue weighted by Gasteiger charge is 2.10. The minimum absolute atomic E-state index is 0.0396. The van der Waals surface area contributed by atoms with Gasteiger partial charge in [0.2, 0.25) is 0 Å². The Morgan fingerprint density at radius 1 is 1.20 bits per heavy atom. The number of carbonyl (C=O) groups is 2. The number of benzene rings is 1. The molecule has 2 rings (SSSR count). The van der Waals surface area contributed by atoms with Crippen molar-refractivity contribution in [2.24, 2.45) is 0 Å². The molecule has 1 aromatic heterocycles. The normalized spacial score (nSPS) is 10.3. The molecule has 0 radical (unpaired) electrons. The lowest BCUT2D eigenvalue weighted by atomic mass is 10.1. The molecule has 0 saturated carbocycles. The monoisotopic (exact) mass is 347 g/mol. The molecule has 0 aliphatic rings. The number of aryl methyl sites for hydroxylation is 1. The summed E-state index contributed by atoms with van der Waals surface area (Å²) in [5, 5.41) is 15.5. The van der Waals surface area contributed by atoms with E-state index in [2.05, 4.69) is 10.4 Å². The van der Waals surface area contributed by atoms with Gasteiger partial charge in [-0.2, -0.15) is 5.10 Å². The molecule has 25 heavy (non-hydrogen) atoms. The van der Waals surface area contributed by atoms with E-state index in [-0.39, 0.29) is 24.6 Å². The van der Waals surface area contributed by atoms with Crippen molar-refractivity contribution >= 4 is 11.9 Å². The average Bonchev–Trinajstić information content (AvgIpc) is 3.08. The first-order chi connectivity index (χ1) is 12.0. The number of nitrogens with one attached hydrogen (secondary N) is 1. The van der Waals surface area contributed by atoms with Crippen LogP contribution >= 0.6 is 0 Å². The van der Waals surface area contributed by atoms with Gasteiger partial charge in [-0.15, -0.1) is 0 Å². The number of carbonyl (C=O) groups excluding carboxylic acids is 1. The third-order valence-corrected chi connectivity index (χ3v) is 3.58. The van der Waals surface area contributed by atoms with Crippen LogP contribution in [0.1, 0.15) is 22.5 Å². The number of aliphatic carboxylic acids is 1. The number of aromatic nitrogens is 2. The number of carboxylic acid groups (broad SMARTS) is 1. The Labute approximate surface area is 145 Å². The minimum Gasteiger partial charge on any atom is -0.493 e. The van der Waals surface area contributed by atoms with E-state index in [0.29, 0.717) is 24.5 Å². The zero-order valence-corrected chi connectivity index (χ0v) is 14.2. The molecule has 8 nitrogen and oxygen atoms in total. The van der Waals surface area contributed by atoms with E-state index in [1.807, 2.05) is 18.2 Å². The van der Waals surface area contributed by atoms with Crippen molar-refractivity contribution in [2.45, 2.75) is 19.4 Å². The lowest BCUT2D eigenvalue weighted by Crippen LogP contribution is -2.26. The zero-order valence-electron chi connectivity index (χ0n) is 14.2.